The Morgan fingerprint density at radius 2 is 1.57 bits per heavy atom. The van der Waals surface area contributed by atoms with Crippen LogP contribution in [-0.4, -0.2) is 91.9 Å². The van der Waals surface area contributed by atoms with Gasteiger partial charge in [-0.3, -0.25) is 9.89 Å². The molecule has 8 nitrogen and oxygen atoms in total. The SMILES string of the molecule is CCNC(=NCC(CC)(CC)NC(=O)OC(C)(C)C)NCCN1CCN(CC)CC1. The number of nitrogens with zero attached hydrogens (tertiary/aromatic N) is 3. The van der Waals surface area contributed by atoms with Crippen LogP contribution in [0.3, 0.4) is 0 Å². The second-order valence-electron chi connectivity index (χ2n) is 9.01. The molecule has 0 atom stereocenters. The Morgan fingerprint density at radius 1 is 0.967 bits per heavy atom. The number of alkyl carbamates (subject to hydrolysis) is 1. The molecule has 0 aliphatic carbocycles. The van der Waals surface area contributed by atoms with Crippen LogP contribution >= 0.6 is 0 Å². The maximum absolute atomic E-state index is 12.3. The lowest BCUT2D eigenvalue weighted by molar-refractivity contribution is 0.0452. The summed E-state index contributed by atoms with van der Waals surface area (Å²) in [6.07, 6.45) is 1.19. The number of hydrogen-bond donors (Lipinski definition) is 3. The second kappa shape index (κ2) is 13.0. The molecule has 1 amide bonds. The fourth-order valence-electron chi connectivity index (χ4n) is 3.44. The summed E-state index contributed by atoms with van der Waals surface area (Å²) < 4.78 is 5.46. The van der Waals surface area contributed by atoms with Crippen LogP contribution in [0.25, 0.3) is 0 Å². The van der Waals surface area contributed by atoms with Gasteiger partial charge in [-0.05, 0) is 47.1 Å². The summed E-state index contributed by atoms with van der Waals surface area (Å²) in [5, 5.41) is 9.83. The highest BCUT2D eigenvalue weighted by atomic mass is 16.6. The summed E-state index contributed by atoms with van der Waals surface area (Å²) in [5.74, 6) is 0.793. The van der Waals surface area contributed by atoms with Crippen molar-refractivity contribution in [3.05, 3.63) is 0 Å². The smallest absolute Gasteiger partial charge is 0.408 e. The fourth-order valence-corrected chi connectivity index (χ4v) is 3.44. The molecule has 0 bridgehead atoms. The molecular weight excluding hydrogens is 380 g/mol. The summed E-state index contributed by atoms with van der Waals surface area (Å²) in [5.41, 5.74) is -0.930. The van der Waals surface area contributed by atoms with Gasteiger partial charge < -0.3 is 25.6 Å². The summed E-state index contributed by atoms with van der Waals surface area (Å²) in [4.78, 5) is 22.1. The number of aliphatic imine (C=N–C) groups is 1. The lowest BCUT2D eigenvalue weighted by atomic mass is 9.93. The number of ether oxygens (including phenoxy) is 1. The van der Waals surface area contributed by atoms with Gasteiger partial charge in [0.25, 0.3) is 0 Å². The number of likely N-dealkylation sites (N-methyl/N-ethyl adjacent to an activating group) is 1. The number of piperazine rings is 1. The molecule has 0 aromatic carbocycles. The fraction of sp³-hybridized carbons (Fsp3) is 0.909. The average Bonchev–Trinajstić information content (AvgIpc) is 2.70. The topological polar surface area (TPSA) is 81.2 Å². The molecule has 1 aliphatic rings. The van der Waals surface area contributed by atoms with Crippen molar-refractivity contribution >= 4 is 12.1 Å². The lowest BCUT2D eigenvalue weighted by Crippen LogP contribution is -2.52. The predicted octanol–water partition coefficient (Wildman–Crippen LogP) is 2.26. The van der Waals surface area contributed by atoms with Gasteiger partial charge in [-0.1, -0.05) is 20.8 Å². The van der Waals surface area contributed by atoms with Crippen molar-refractivity contribution in [2.24, 2.45) is 4.99 Å². The van der Waals surface area contributed by atoms with E-state index in [1.54, 1.807) is 0 Å². The standard InChI is InChI=1S/C22H46N6O2/c1-8-22(9-2,26-20(29)30-21(5,6)7)18-25-19(23-10-3)24-12-13-28-16-14-27(11-4)15-17-28/h8-18H2,1-7H3,(H,26,29)(H2,23,24,25). The zero-order valence-electron chi connectivity index (χ0n) is 20.4. The first-order chi connectivity index (χ1) is 14.2. The van der Waals surface area contributed by atoms with E-state index in [1.165, 1.54) is 0 Å². The molecule has 0 aromatic heterocycles. The minimum atomic E-state index is -0.514. The van der Waals surface area contributed by atoms with Crippen LogP contribution in [0.15, 0.2) is 4.99 Å². The van der Waals surface area contributed by atoms with Gasteiger partial charge in [-0.15, -0.1) is 0 Å². The first-order valence-electron chi connectivity index (χ1n) is 11.6. The van der Waals surface area contributed by atoms with E-state index in [0.29, 0.717) is 6.54 Å². The van der Waals surface area contributed by atoms with Crippen molar-refractivity contribution in [2.75, 3.05) is 58.9 Å². The van der Waals surface area contributed by atoms with Crippen molar-refractivity contribution in [1.82, 2.24) is 25.8 Å². The van der Waals surface area contributed by atoms with Gasteiger partial charge in [0.05, 0.1) is 12.1 Å². The van der Waals surface area contributed by atoms with E-state index in [2.05, 4.69) is 53.4 Å². The van der Waals surface area contributed by atoms with Crippen LogP contribution in [-0.2, 0) is 4.74 Å². The first-order valence-corrected chi connectivity index (χ1v) is 11.6. The molecular formula is C22H46N6O2. The number of guanidine groups is 1. The third-order valence-corrected chi connectivity index (χ3v) is 5.64. The number of hydrogen-bond acceptors (Lipinski definition) is 5. The molecule has 176 valence electrons. The Labute approximate surface area is 184 Å². The van der Waals surface area contributed by atoms with Gasteiger partial charge in [-0.25, -0.2) is 4.79 Å². The Kier molecular flexibility index (Phi) is 11.5. The molecule has 1 saturated heterocycles. The molecule has 30 heavy (non-hydrogen) atoms. The predicted molar refractivity (Wildman–Crippen MR) is 125 cm³/mol. The van der Waals surface area contributed by atoms with Gasteiger partial charge in [0.1, 0.15) is 5.60 Å². The Hall–Kier alpha value is -1.54. The summed E-state index contributed by atoms with van der Waals surface area (Å²) in [6, 6.07) is 0. The van der Waals surface area contributed by atoms with Crippen LogP contribution in [0.4, 0.5) is 4.79 Å². The number of rotatable bonds is 10. The van der Waals surface area contributed by atoms with E-state index in [9.17, 15) is 4.79 Å². The number of amides is 1. The number of nitrogens with one attached hydrogen (secondary N) is 3. The van der Waals surface area contributed by atoms with Crippen LogP contribution in [0.2, 0.25) is 0 Å². The minimum Gasteiger partial charge on any atom is -0.444 e. The summed E-state index contributed by atoms with van der Waals surface area (Å²) >= 11 is 0. The molecule has 8 heteroatoms. The Morgan fingerprint density at radius 3 is 2.07 bits per heavy atom. The monoisotopic (exact) mass is 426 g/mol. The van der Waals surface area contributed by atoms with Gasteiger partial charge >= 0.3 is 6.09 Å². The van der Waals surface area contributed by atoms with Crippen molar-refractivity contribution < 1.29 is 9.53 Å². The molecule has 0 saturated carbocycles. The molecule has 1 fully saturated rings. The highest BCUT2D eigenvalue weighted by Gasteiger charge is 2.30. The van der Waals surface area contributed by atoms with Crippen LogP contribution < -0.4 is 16.0 Å². The summed E-state index contributed by atoms with van der Waals surface area (Å²) in [6.45, 7) is 22.9. The van der Waals surface area contributed by atoms with E-state index in [4.69, 9.17) is 9.73 Å². The van der Waals surface area contributed by atoms with Gasteiger partial charge in [0.2, 0.25) is 0 Å². The normalized spacial score (nSPS) is 17.0. The third-order valence-electron chi connectivity index (χ3n) is 5.64. The van der Waals surface area contributed by atoms with E-state index in [1.807, 2.05) is 20.8 Å². The first kappa shape index (κ1) is 26.5. The van der Waals surface area contributed by atoms with E-state index < -0.39 is 11.1 Å². The third kappa shape index (κ3) is 9.98. The Balaban J connectivity index is 2.60. The Bertz CT molecular complexity index is 520. The van der Waals surface area contributed by atoms with Crippen molar-refractivity contribution in [3.8, 4) is 0 Å². The van der Waals surface area contributed by atoms with E-state index in [0.717, 1.165) is 71.2 Å². The van der Waals surface area contributed by atoms with Crippen molar-refractivity contribution in [1.29, 1.82) is 0 Å². The average molecular weight is 427 g/mol. The highest BCUT2D eigenvalue weighted by molar-refractivity contribution is 5.79. The van der Waals surface area contributed by atoms with E-state index in [-0.39, 0.29) is 6.09 Å². The number of carbonyl (C=O) groups excluding carboxylic acids is 1. The minimum absolute atomic E-state index is 0.384. The molecule has 1 rings (SSSR count). The van der Waals surface area contributed by atoms with E-state index >= 15 is 0 Å². The van der Waals surface area contributed by atoms with Gasteiger partial charge in [0.15, 0.2) is 5.96 Å². The van der Waals surface area contributed by atoms with Crippen LogP contribution in [0.1, 0.15) is 61.3 Å². The molecule has 0 spiro atoms. The molecule has 0 unspecified atom stereocenters. The quantitative estimate of drug-likeness (QED) is 0.367. The molecule has 3 N–H and O–H groups in total. The maximum atomic E-state index is 12.3. The lowest BCUT2D eigenvalue weighted by Gasteiger charge is -2.34. The molecule has 0 aromatic rings. The highest BCUT2D eigenvalue weighted by Crippen LogP contribution is 2.17. The molecule has 1 aliphatic heterocycles. The second-order valence-corrected chi connectivity index (χ2v) is 9.01. The van der Waals surface area contributed by atoms with Crippen LogP contribution in [0, 0.1) is 0 Å². The molecule has 1 heterocycles. The van der Waals surface area contributed by atoms with Crippen molar-refractivity contribution in [2.45, 2.75) is 72.4 Å². The van der Waals surface area contributed by atoms with Crippen molar-refractivity contribution in [3.63, 3.8) is 0 Å². The zero-order chi connectivity index (χ0) is 22.6. The van der Waals surface area contributed by atoms with Crippen LogP contribution in [0.5, 0.6) is 0 Å². The summed E-state index contributed by atoms with van der Waals surface area (Å²) in [7, 11) is 0. The molecule has 0 radical (unpaired) electrons. The number of carbonyl (C=O) groups is 1. The van der Waals surface area contributed by atoms with Gasteiger partial charge in [-0.2, -0.15) is 0 Å². The maximum Gasteiger partial charge on any atom is 0.408 e. The van der Waals surface area contributed by atoms with Gasteiger partial charge in [0, 0.05) is 45.8 Å². The largest absolute Gasteiger partial charge is 0.444 e. The zero-order valence-corrected chi connectivity index (χ0v) is 20.4.